The van der Waals surface area contributed by atoms with Crippen molar-refractivity contribution in [1.82, 2.24) is 9.78 Å². The smallest absolute Gasteiger partial charge is 0.323 e. The molecule has 3 aromatic carbocycles. The quantitative estimate of drug-likeness (QED) is 0.481. The van der Waals surface area contributed by atoms with Gasteiger partial charge in [0, 0.05) is 24.5 Å². The molecule has 4 rings (SSSR count). The molecular formula is C22H21N5O2. The van der Waals surface area contributed by atoms with Crippen LogP contribution < -0.4 is 21.1 Å². The second kappa shape index (κ2) is 7.55. The summed E-state index contributed by atoms with van der Waals surface area (Å²) in [7, 11) is 3.46. The molecule has 0 fully saturated rings. The largest absolute Gasteiger partial charge is 0.497 e. The summed E-state index contributed by atoms with van der Waals surface area (Å²) in [5.74, 6) is 1.17. The number of anilines is 3. The van der Waals surface area contributed by atoms with E-state index in [2.05, 4.69) is 15.7 Å². The number of hydrogen-bond acceptors (Lipinski definition) is 4. The van der Waals surface area contributed by atoms with Gasteiger partial charge in [-0.15, -0.1) is 0 Å². The Balaban J connectivity index is 1.52. The lowest BCUT2D eigenvalue weighted by molar-refractivity contribution is 0.262. The normalized spacial score (nSPS) is 10.7. The first-order chi connectivity index (χ1) is 14.0. The first kappa shape index (κ1) is 18.4. The van der Waals surface area contributed by atoms with Gasteiger partial charge in [0.2, 0.25) is 0 Å². The molecule has 0 aliphatic carbocycles. The zero-order chi connectivity index (χ0) is 20.4. The number of rotatable bonds is 4. The van der Waals surface area contributed by atoms with Crippen LogP contribution in [-0.4, -0.2) is 22.9 Å². The van der Waals surface area contributed by atoms with Crippen molar-refractivity contribution < 1.29 is 9.53 Å². The minimum Gasteiger partial charge on any atom is -0.497 e. The van der Waals surface area contributed by atoms with Crippen molar-refractivity contribution in [1.29, 1.82) is 0 Å². The van der Waals surface area contributed by atoms with E-state index in [-0.39, 0.29) is 6.03 Å². The SMILES string of the molecule is COc1cccc(NC(=O)Nc2ccc(-c3cccc4c3c(N)nn4C)cc2)c1. The second-order valence-corrected chi connectivity index (χ2v) is 6.60. The summed E-state index contributed by atoms with van der Waals surface area (Å²) >= 11 is 0. The van der Waals surface area contributed by atoms with Crippen molar-refractivity contribution in [3.8, 4) is 16.9 Å². The standard InChI is InChI=1S/C22H21N5O2/c1-27-19-8-4-7-18(20(19)21(23)26-27)14-9-11-15(12-10-14)24-22(28)25-16-5-3-6-17(13-16)29-2/h3-13H,1-2H3,(H2,23,26)(H2,24,25,28). The van der Waals surface area contributed by atoms with Gasteiger partial charge in [-0.1, -0.05) is 30.3 Å². The lowest BCUT2D eigenvalue weighted by Gasteiger charge is -2.10. The number of aromatic nitrogens is 2. The molecule has 146 valence electrons. The molecular weight excluding hydrogens is 366 g/mol. The Morgan fingerprint density at radius 2 is 1.72 bits per heavy atom. The van der Waals surface area contributed by atoms with Crippen LogP contribution in [0.2, 0.25) is 0 Å². The van der Waals surface area contributed by atoms with Gasteiger partial charge in [-0.05, 0) is 41.5 Å². The van der Waals surface area contributed by atoms with Crippen molar-refractivity contribution in [3.63, 3.8) is 0 Å². The number of methoxy groups -OCH3 is 1. The third kappa shape index (κ3) is 3.70. The molecule has 0 atom stereocenters. The number of carbonyl (C=O) groups excluding carboxylic acids is 1. The number of ether oxygens (including phenoxy) is 1. The molecule has 7 heteroatoms. The minimum absolute atomic E-state index is 0.329. The Labute approximate surface area is 168 Å². The van der Waals surface area contributed by atoms with Crippen LogP contribution in [0.1, 0.15) is 0 Å². The Bertz CT molecular complexity index is 1180. The zero-order valence-electron chi connectivity index (χ0n) is 16.1. The van der Waals surface area contributed by atoms with E-state index in [1.54, 1.807) is 23.9 Å². The van der Waals surface area contributed by atoms with Gasteiger partial charge in [0.1, 0.15) is 5.75 Å². The van der Waals surface area contributed by atoms with Crippen molar-refractivity contribution in [2.24, 2.45) is 7.05 Å². The first-order valence-corrected chi connectivity index (χ1v) is 9.09. The van der Waals surface area contributed by atoms with E-state index in [1.807, 2.05) is 61.6 Å². The number of aryl methyl sites for hydroxylation is 1. The van der Waals surface area contributed by atoms with Crippen LogP contribution in [0.5, 0.6) is 5.75 Å². The average molecular weight is 387 g/mol. The summed E-state index contributed by atoms with van der Waals surface area (Å²) < 4.78 is 6.93. The van der Waals surface area contributed by atoms with E-state index in [0.717, 1.165) is 22.0 Å². The number of carbonyl (C=O) groups is 1. The highest BCUT2D eigenvalue weighted by molar-refractivity contribution is 6.03. The van der Waals surface area contributed by atoms with Gasteiger partial charge in [0.05, 0.1) is 18.0 Å². The summed E-state index contributed by atoms with van der Waals surface area (Å²) in [5, 5.41) is 10.8. The van der Waals surface area contributed by atoms with E-state index >= 15 is 0 Å². The highest BCUT2D eigenvalue weighted by Crippen LogP contribution is 2.32. The Kier molecular flexibility index (Phi) is 4.78. The molecule has 0 radical (unpaired) electrons. The predicted molar refractivity (Wildman–Crippen MR) is 116 cm³/mol. The number of nitrogen functional groups attached to an aromatic ring is 1. The topological polar surface area (TPSA) is 94.2 Å². The third-order valence-electron chi connectivity index (χ3n) is 4.69. The van der Waals surface area contributed by atoms with Crippen LogP contribution >= 0.6 is 0 Å². The fourth-order valence-electron chi connectivity index (χ4n) is 3.31. The monoisotopic (exact) mass is 387 g/mol. The molecule has 29 heavy (non-hydrogen) atoms. The zero-order valence-corrected chi connectivity index (χ0v) is 16.1. The molecule has 0 unspecified atom stereocenters. The molecule has 4 aromatic rings. The van der Waals surface area contributed by atoms with Gasteiger partial charge in [-0.2, -0.15) is 5.10 Å². The minimum atomic E-state index is -0.329. The van der Waals surface area contributed by atoms with Gasteiger partial charge in [0.15, 0.2) is 5.82 Å². The summed E-state index contributed by atoms with van der Waals surface area (Å²) in [6, 6.07) is 20.4. The first-order valence-electron chi connectivity index (χ1n) is 9.09. The lowest BCUT2D eigenvalue weighted by atomic mass is 10.0. The van der Waals surface area contributed by atoms with Crippen LogP contribution in [0.15, 0.2) is 66.7 Å². The maximum Gasteiger partial charge on any atom is 0.323 e. The number of urea groups is 1. The van der Waals surface area contributed by atoms with Crippen LogP contribution in [-0.2, 0) is 7.05 Å². The van der Waals surface area contributed by atoms with Gasteiger partial charge in [0.25, 0.3) is 0 Å². The predicted octanol–water partition coefficient (Wildman–Crippen LogP) is 4.48. The van der Waals surface area contributed by atoms with Crippen LogP contribution in [0.25, 0.3) is 22.0 Å². The molecule has 7 nitrogen and oxygen atoms in total. The third-order valence-corrected chi connectivity index (χ3v) is 4.69. The Morgan fingerprint density at radius 3 is 2.48 bits per heavy atom. The molecule has 2 amide bonds. The lowest BCUT2D eigenvalue weighted by Crippen LogP contribution is -2.19. The van der Waals surface area contributed by atoms with E-state index in [0.29, 0.717) is 22.9 Å². The van der Waals surface area contributed by atoms with Gasteiger partial charge >= 0.3 is 6.03 Å². The van der Waals surface area contributed by atoms with E-state index in [9.17, 15) is 4.79 Å². The number of nitrogens with two attached hydrogens (primary N) is 1. The molecule has 0 aliphatic rings. The molecule has 0 saturated carbocycles. The number of amides is 2. The van der Waals surface area contributed by atoms with Crippen LogP contribution in [0.4, 0.5) is 22.0 Å². The van der Waals surface area contributed by atoms with Gasteiger partial charge in [-0.3, -0.25) is 4.68 Å². The van der Waals surface area contributed by atoms with Crippen molar-refractivity contribution >= 4 is 34.1 Å². The fraction of sp³-hybridized carbons (Fsp3) is 0.0909. The molecule has 1 heterocycles. The summed E-state index contributed by atoms with van der Waals surface area (Å²) in [4.78, 5) is 12.3. The number of nitrogens with zero attached hydrogens (tertiary/aromatic N) is 2. The molecule has 0 saturated heterocycles. The van der Waals surface area contributed by atoms with Crippen molar-refractivity contribution in [2.75, 3.05) is 23.5 Å². The summed E-state index contributed by atoms with van der Waals surface area (Å²) in [6.07, 6.45) is 0. The Hall–Kier alpha value is -4.00. The number of hydrogen-bond donors (Lipinski definition) is 3. The number of fused-ring (bicyclic) bond motifs is 1. The van der Waals surface area contributed by atoms with Gasteiger partial charge < -0.3 is 21.1 Å². The Morgan fingerprint density at radius 1 is 1.00 bits per heavy atom. The molecule has 0 spiro atoms. The van der Waals surface area contributed by atoms with E-state index in [1.165, 1.54) is 0 Å². The van der Waals surface area contributed by atoms with E-state index in [4.69, 9.17) is 10.5 Å². The molecule has 0 bridgehead atoms. The van der Waals surface area contributed by atoms with E-state index < -0.39 is 0 Å². The second-order valence-electron chi connectivity index (χ2n) is 6.60. The van der Waals surface area contributed by atoms with Crippen LogP contribution in [0, 0.1) is 0 Å². The van der Waals surface area contributed by atoms with Crippen molar-refractivity contribution in [3.05, 3.63) is 66.7 Å². The average Bonchev–Trinajstić information content (AvgIpc) is 3.02. The highest BCUT2D eigenvalue weighted by atomic mass is 16.5. The van der Waals surface area contributed by atoms with Crippen molar-refractivity contribution in [2.45, 2.75) is 0 Å². The maximum absolute atomic E-state index is 12.3. The summed E-state index contributed by atoms with van der Waals surface area (Å²) in [5.41, 5.74) is 10.4. The molecule has 0 aliphatic heterocycles. The maximum atomic E-state index is 12.3. The number of nitrogens with one attached hydrogen (secondary N) is 2. The highest BCUT2D eigenvalue weighted by Gasteiger charge is 2.12. The molecule has 4 N–H and O–H groups in total. The summed E-state index contributed by atoms with van der Waals surface area (Å²) in [6.45, 7) is 0. The number of benzene rings is 3. The van der Waals surface area contributed by atoms with Gasteiger partial charge in [-0.25, -0.2) is 4.79 Å². The van der Waals surface area contributed by atoms with Crippen LogP contribution in [0.3, 0.4) is 0 Å². The molecule has 1 aromatic heterocycles. The fourth-order valence-corrected chi connectivity index (χ4v) is 3.31.